The van der Waals surface area contributed by atoms with Crippen molar-refractivity contribution < 1.29 is 14.4 Å². The van der Waals surface area contributed by atoms with Crippen molar-refractivity contribution in [1.82, 2.24) is 5.32 Å². The Morgan fingerprint density at radius 3 is 2.32 bits per heavy atom. The van der Waals surface area contributed by atoms with Gasteiger partial charge in [-0.1, -0.05) is 29.8 Å². The second kappa shape index (κ2) is 9.38. The maximum absolute atomic E-state index is 12.1. The normalized spacial score (nSPS) is 13.2. The average Bonchev–Trinajstić information content (AvgIpc) is 3.04. The van der Waals surface area contributed by atoms with Gasteiger partial charge in [0, 0.05) is 10.7 Å². The molecule has 9 heteroatoms. The minimum Gasteiger partial charge on any atom is -0.325 e. The SMILES string of the molecule is O=C(CSCC(=O)Nc1ccc(Cl)cc1)NC1=NN(c2ccccc2)C(=O)C1. The highest BCUT2D eigenvalue weighted by Crippen LogP contribution is 2.19. The standard InChI is InChI=1S/C19H17ClN4O3S/c20-13-6-8-14(9-7-13)21-17(25)11-28-12-18(26)22-16-10-19(27)24(23-16)15-4-2-1-3-5-15/h1-9H,10-12H2,(H,21,25)(H,22,23,26). The smallest absolute Gasteiger partial charge is 0.255 e. The molecule has 0 aliphatic carbocycles. The molecule has 3 rings (SSSR count). The number of hydrogen-bond donors (Lipinski definition) is 2. The van der Waals surface area contributed by atoms with Crippen LogP contribution in [0.3, 0.4) is 0 Å². The fourth-order valence-electron chi connectivity index (χ4n) is 2.43. The summed E-state index contributed by atoms with van der Waals surface area (Å²) in [5, 5.41) is 11.3. The highest BCUT2D eigenvalue weighted by Gasteiger charge is 2.26. The summed E-state index contributed by atoms with van der Waals surface area (Å²) in [6, 6.07) is 15.7. The lowest BCUT2D eigenvalue weighted by atomic mass is 10.3. The van der Waals surface area contributed by atoms with Crippen molar-refractivity contribution in [3.05, 3.63) is 59.6 Å². The van der Waals surface area contributed by atoms with Gasteiger partial charge < -0.3 is 10.6 Å². The quantitative estimate of drug-likeness (QED) is 0.757. The first kappa shape index (κ1) is 19.9. The van der Waals surface area contributed by atoms with E-state index in [2.05, 4.69) is 15.7 Å². The van der Waals surface area contributed by atoms with Crippen molar-refractivity contribution in [3.8, 4) is 0 Å². The van der Waals surface area contributed by atoms with E-state index < -0.39 is 0 Å². The lowest BCUT2D eigenvalue weighted by molar-refractivity contribution is -0.117. The van der Waals surface area contributed by atoms with Crippen LogP contribution in [0.25, 0.3) is 0 Å². The summed E-state index contributed by atoms with van der Waals surface area (Å²) in [6.07, 6.45) is 0.0301. The number of amides is 3. The number of amidine groups is 1. The number of halogens is 1. The first-order valence-electron chi connectivity index (χ1n) is 8.40. The Hall–Kier alpha value is -2.84. The van der Waals surface area contributed by atoms with Crippen LogP contribution in [0.1, 0.15) is 6.42 Å². The van der Waals surface area contributed by atoms with Crippen LogP contribution < -0.4 is 15.6 Å². The van der Waals surface area contributed by atoms with Gasteiger partial charge >= 0.3 is 0 Å². The van der Waals surface area contributed by atoms with Crippen LogP contribution in [0.15, 0.2) is 59.7 Å². The van der Waals surface area contributed by atoms with Crippen molar-refractivity contribution in [3.63, 3.8) is 0 Å². The molecule has 1 aliphatic rings. The second-order valence-corrected chi connectivity index (χ2v) is 7.28. The van der Waals surface area contributed by atoms with Crippen LogP contribution >= 0.6 is 23.4 Å². The molecule has 0 fully saturated rings. The van der Waals surface area contributed by atoms with E-state index in [1.165, 1.54) is 16.8 Å². The van der Waals surface area contributed by atoms with E-state index in [-0.39, 0.29) is 35.6 Å². The van der Waals surface area contributed by atoms with Crippen LogP contribution in [-0.2, 0) is 14.4 Å². The topological polar surface area (TPSA) is 90.9 Å². The number of carbonyl (C=O) groups is 3. The first-order chi connectivity index (χ1) is 13.5. The maximum Gasteiger partial charge on any atom is 0.255 e. The summed E-state index contributed by atoms with van der Waals surface area (Å²) in [4.78, 5) is 36.0. The third-order valence-corrected chi connectivity index (χ3v) is 4.84. The molecule has 0 spiro atoms. The predicted octanol–water partition coefficient (Wildman–Crippen LogP) is 2.88. The largest absolute Gasteiger partial charge is 0.325 e. The van der Waals surface area contributed by atoms with Crippen LogP contribution in [0, 0.1) is 0 Å². The van der Waals surface area contributed by atoms with Crippen LogP contribution in [0.5, 0.6) is 0 Å². The number of thioether (sulfide) groups is 1. The molecule has 2 N–H and O–H groups in total. The van der Waals surface area contributed by atoms with Crippen molar-refractivity contribution in [2.75, 3.05) is 21.8 Å². The lowest BCUT2D eigenvalue weighted by Crippen LogP contribution is -2.31. The molecule has 0 saturated heterocycles. The van der Waals surface area contributed by atoms with Crippen molar-refractivity contribution in [2.24, 2.45) is 5.10 Å². The molecule has 0 aromatic heterocycles. The average molecular weight is 417 g/mol. The highest BCUT2D eigenvalue weighted by atomic mass is 35.5. The van der Waals surface area contributed by atoms with Gasteiger partial charge in [0.15, 0.2) is 0 Å². The first-order valence-corrected chi connectivity index (χ1v) is 9.93. The molecular weight excluding hydrogens is 400 g/mol. The zero-order valence-corrected chi connectivity index (χ0v) is 16.3. The summed E-state index contributed by atoms with van der Waals surface area (Å²) in [7, 11) is 0. The monoisotopic (exact) mass is 416 g/mol. The molecule has 2 aromatic carbocycles. The number of rotatable bonds is 6. The minimum absolute atomic E-state index is 0.0301. The summed E-state index contributed by atoms with van der Waals surface area (Å²) >= 11 is 6.96. The number of anilines is 2. The number of hydrogen-bond acceptors (Lipinski definition) is 5. The van der Waals surface area contributed by atoms with Crippen LogP contribution in [0.2, 0.25) is 5.02 Å². The fourth-order valence-corrected chi connectivity index (χ4v) is 3.18. The Balaban J connectivity index is 1.42. The summed E-state index contributed by atoms with van der Waals surface area (Å²) in [6.45, 7) is 0. The number of carbonyl (C=O) groups excluding carboxylic acids is 3. The Labute approximate surface area is 171 Å². The van der Waals surface area contributed by atoms with E-state index in [4.69, 9.17) is 11.6 Å². The van der Waals surface area contributed by atoms with Crippen molar-refractivity contribution in [1.29, 1.82) is 0 Å². The van der Waals surface area contributed by atoms with Gasteiger partial charge in [0.2, 0.25) is 11.8 Å². The summed E-state index contributed by atoms with van der Waals surface area (Å²) < 4.78 is 0. The van der Waals surface area contributed by atoms with E-state index in [1.54, 1.807) is 48.5 Å². The molecule has 0 bridgehead atoms. The van der Waals surface area contributed by atoms with Crippen molar-refractivity contribution >= 4 is 58.3 Å². The van der Waals surface area contributed by atoms with Crippen molar-refractivity contribution in [2.45, 2.75) is 6.42 Å². The van der Waals surface area contributed by atoms with E-state index in [1.807, 2.05) is 6.07 Å². The number of nitrogens with zero attached hydrogens (tertiary/aromatic N) is 2. The molecule has 28 heavy (non-hydrogen) atoms. The van der Waals surface area contributed by atoms with Gasteiger partial charge in [0.1, 0.15) is 5.84 Å². The fraction of sp³-hybridized carbons (Fsp3) is 0.158. The van der Waals surface area contributed by atoms with E-state index in [0.29, 0.717) is 22.2 Å². The molecule has 1 heterocycles. The predicted molar refractivity (Wildman–Crippen MR) is 112 cm³/mol. The zero-order chi connectivity index (χ0) is 19.9. The van der Waals surface area contributed by atoms with Gasteiger partial charge in [-0.15, -0.1) is 11.8 Å². The van der Waals surface area contributed by atoms with E-state index in [9.17, 15) is 14.4 Å². The van der Waals surface area contributed by atoms with E-state index >= 15 is 0 Å². The number of benzene rings is 2. The molecule has 3 amide bonds. The zero-order valence-electron chi connectivity index (χ0n) is 14.7. The summed E-state index contributed by atoms with van der Waals surface area (Å²) in [5.41, 5.74) is 1.28. The van der Waals surface area contributed by atoms with Gasteiger partial charge in [-0.2, -0.15) is 10.1 Å². The molecule has 0 saturated carbocycles. The van der Waals surface area contributed by atoms with Crippen LogP contribution in [-0.4, -0.2) is 35.1 Å². The number of hydrazone groups is 1. The summed E-state index contributed by atoms with van der Waals surface area (Å²) in [5.74, 6) is -0.249. The molecule has 0 atom stereocenters. The Bertz CT molecular complexity index is 903. The second-order valence-electron chi connectivity index (χ2n) is 5.86. The van der Waals surface area contributed by atoms with Gasteiger partial charge in [0.25, 0.3) is 5.91 Å². The van der Waals surface area contributed by atoms with Gasteiger partial charge in [-0.05, 0) is 36.4 Å². The minimum atomic E-state index is -0.314. The molecule has 7 nitrogen and oxygen atoms in total. The molecule has 1 aliphatic heterocycles. The molecule has 2 aromatic rings. The van der Waals surface area contributed by atoms with Gasteiger partial charge in [0.05, 0.1) is 23.6 Å². The van der Waals surface area contributed by atoms with Gasteiger partial charge in [-0.25, -0.2) is 0 Å². The van der Waals surface area contributed by atoms with Gasteiger partial charge in [-0.3, -0.25) is 14.4 Å². The Kier molecular flexibility index (Phi) is 6.67. The molecule has 144 valence electrons. The maximum atomic E-state index is 12.1. The highest BCUT2D eigenvalue weighted by molar-refractivity contribution is 8.00. The Morgan fingerprint density at radius 2 is 1.64 bits per heavy atom. The molecular formula is C19H17ClN4O3S. The third-order valence-electron chi connectivity index (χ3n) is 3.65. The third kappa shape index (κ3) is 5.58. The number of para-hydroxylation sites is 1. The van der Waals surface area contributed by atoms with E-state index in [0.717, 1.165) is 0 Å². The number of nitrogens with one attached hydrogen (secondary N) is 2. The van der Waals surface area contributed by atoms with Crippen LogP contribution in [0.4, 0.5) is 11.4 Å². The molecule has 0 unspecified atom stereocenters. The lowest BCUT2D eigenvalue weighted by Gasteiger charge is -2.10. The Morgan fingerprint density at radius 1 is 1.00 bits per heavy atom. The molecule has 0 radical (unpaired) electrons.